The summed E-state index contributed by atoms with van der Waals surface area (Å²) in [5.41, 5.74) is 0.908. The highest BCUT2D eigenvalue weighted by atomic mass is 35.5. The average molecular weight is 298 g/mol. The highest BCUT2D eigenvalue weighted by Crippen LogP contribution is 2.40. The minimum atomic E-state index is 0.266. The Hall–Kier alpha value is -1.13. The first-order valence-corrected chi connectivity index (χ1v) is 7.48. The van der Waals surface area contributed by atoms with Gasteiger partial charge < -0.3 is 19.5 Å². The van der Waals surface area contributed by atoms with E-state index in [1.807, 2.05) is 12.1 Å². The highest BCUT2D eigenvalue weighted by molar-refractivity contribution is 6.33. The number of fused-ring (bicyclic) bond motifs is 1. The minimum Gasteiger partial charge on any atom is -0.454 e. The molecule has 110 valence electrons. The van der Waals surface area contributed by atoms with Crippen LogP contribution in [0.2, 0.25) is 5.02 Å². The molecule has 1 saturated heterocycles. The van der Waals surface area contributed by atoms with E-state index in [-0.39, 0.29) is 6.79 Å². The van der Waals surface area contributed by atoms with Crippen molar-refractivity contribution in [3.05, 3.63) is 17.2 Å². The van der Waals surface area contributed by atoms with Crippen LogP contribution in [-0.2, 0) is 4.74 Å². The number of hydrogen-bond acceptors (Lipinski definition) is 4. The Labute approximate surface area is 124 Å². The number of benzene rings is 1. The highest BCUT2D eigenvalue weighted by Gasteiger charge is 2.26. The van der Waals surface area contributed by atoms with Gasteiger partial charge in [0.2, 0.25) is 6.79 Å². The predicted octanol–water partition coefficient (Wildman–Crippen LogP) is 3.68. The van der Waals surface area contributed by atoms with E-state index in [4.69, 9.17) is 25.8 Å². The Balaban J connectivity index is 1.71. The molecule has 2 atom stereocenters. The number of anilines is 1. The summed E-state index contributed by atoms with van der Waals surface area (Å²) in [5, 5.41) is 4.18. The molecule has 1 fully saturated rings. The van der Waals surface area contributed by atoms with Gasteiger partial charge >= 0.3 is 0 Å². The molecule has 20 heavy (non-hydrogen) atoms. The second-order valence-electron chi connectivity index (χ2n) is 5.70. The van der Waals surface area contributed by atoms with Gasteiger partial charge in [0.1, 0.15) is 0 Å². The smallest absolute Gasteiger partial charge is 0.231 e. The number of halogens is 1. The molecule has 0 aromatic heterocycles. The normalized spacial score (nSPS) is 25.0. The molecule has 1 aromatic carbocycles. The van der Waals surface area contributed by atoms with E-state index >= 15 is 0 Å². The first-order chi connectivity index (χ1) is 9.63. The van der Waals surface area contributed by atoms with Crippen molar-refractivity contribution in [1.82, 2.24) is 0 Å². The molecule has 0 amide bonds. The summed E-state index contributed by atoms with van der Waals surface area (Å²) in [6.45, 7) is 5.45. The molecule has 0 spiro atoms. The molecule has 0 radical (unpaired) electrons. The van der Waals surface area contributed by atoms with Crippen LogP contribution in [0.25, 0.3) is 0 Å². The quantitative estimate of drug-likeness (QED) is 0.924. The van der Waals surface area contributed by atoms with Crippen molar-refractivity contribution in [2.24, 2.45) is 5.92 Å². The summed E-state index contributed by atoms with van der Waals surface area (Å²) in [6, 6.07) is 4.12. The summed E-state index contributed by atoms with van der Waals surface area (Å²) in [6.07, 6.45) is 2.31. The van der Waals surface area contributed by atoms with E-state index in [1.54, 1.807) is 0 Å². The van der Waals surface area contributed by atoms with E-state index in [2.05, 4.69) is 19.2 Å². The van der Waals surface area contributed by atoms with Crippen LogP contribution in [0, 0.1) is 5.92 Å². The van der Waals surface area contributed by atoms with Crippen molar-refractivity contribution in [3.63, 3.8) is 0 Å². The van der Waals surface area contributed by atoms with Gasteiger partial charge in [0.05, 0.1) is 16.8 Å². The number of nitrogens with one attached hydrogen (secondary N) is 1. The van der Waals surface area contributed by atoms with Gasteiger partial charge in [-0.25, -0.2) is 0 Å². The topological polar surface area (TPSA) is 39.7 Å². The third-order valence-electron chi connectivity index (χ3n) is 3.88. The van der Waals surface area contributed by atoms with Gasteiger partial charge in [0, 0.05) is 24.8 Å². The predicted molar refractivity (Wildman–Crippen MR) is 78.8 cm³/mol. The van der Waals surface area contributed by atoms with E-state index in [1.165, 1.54) is 0 Å². The van der Waals surface area contributed by atoms with Gasteiger partial charge in [-0.05, 0) is 18.8 Å². The zero-order valence-corrected chi connectivity index (χ0v) is 12.6. The van der Waals surface area contributed by atoms with Crippen molar-refractivity contribution < 1.29 is 14.2 Å². The lowest BCUT2D eigenvalue weighted by Crippen LogP contribution is -2.36. The summed E-state index contributed by atoms with van der Waals surface area (Å²) < 4.78 is 16.5. The molecule has 4 nitrogen and oxygen atoms in total. The summed E-state index contributed by atoms with van der Waals surface area (Å²) >= 11 is 6.30. The third kappa shape index (κ3) is 2.81. The fraction of sp³-hybridized carbons (Fsp3) is 0.600. The molecule has 5 heteroatoms. The number of hydrogen-bond donors (Lipinski definition) is 1. The molecule has 0 bridgehead atoms. The van der Waals surface area contributed by atoms with Gasteiger partial charge in [-0.3, -0.25) is 0 Å². The van der Waals surface area contributed by atoms with Crippen LogP contribution in [0.15, 0.2) is 12.1 Å². The Morgan fingerprint density at radius 2 is 2.00 bits per heavy atom. The van der Waals surface area contributed by atoms with Gasteiger partial charge in [0.15, 0.2) is 11.5 Å². The summed E-state index contributed by atoms with van der Waals surface area (Å²) in [4.78, 5) is 0. The van der Waals surface area contributed by atoms with Crippen LogP contribution < -0.4 is 14.8 Å². The standard InChI is InChI=1S/C15H20ClNO3/c1-9(2)13-5-10(3-4-18-13)17-12-7-15-14(6-11(12)16)19-8-20-15/h6-7,9-10,13,17H,3-5,8H2,1-2H3. The van der Waals surface area contributed by atoms with Gasteiger partial charge in [-0.15, -0.1) is 0 Å². The monoisotopic (exact) mass is 297 g/mol. The molecule has 1 N–H and O–H groups in total. The van der Waals surface area contributed by atoms with E-state index in [0.717, 1.165) is 30.9 Å². The molecule has 2 heterocycles. The largest absolute Gasteiger partial charge is 0.454 e. The lowest BCUT2D eigenvalue weighted by molar-refractivity contribution is -0.0160. The van der Waals surface area contributed by atoms with Gasteiger partial charge in [0.25, 0.3) is 0 Å². The average Bonchev–Trinajstić information content (AvgIpc) is 2.86. The van der Waals surface area contributed by atoms with Crippen molar-refractivity contribution in [1.29, 1.82) is 0 Å². The first kappa shape index (κ1) is 13.8. The van der Waals surface area contributed by atoms with Crippen molar-refractivity contribution in [3.8, 4) is 11.5 Å². The lowest BCUT2D eigenvalue weighted by atomic mass is 9.95. The lowest BCUT2D eigenvalue weighted by Gasteiger charge is -2.33. The van der Waals surface area contributed by atoms with E-state index < -0.39 is 0 Å². The third-order valence-corrected chi connectivity index (χ3v) is 4.19. The van der Waals surface area contributed by atoms with Crippen LogP contribution >= 0.6 is 11.6 Å². The maximum absolute atomic E-state index is 6.30. The van der Waals surface area contributed by atoms with Crippen LogP contribution in [0.1, 0.15) is 26.7 Å². The first-order valence-electron chi connectivity index (χ1n) is 7.11. The van der Waals surface area contributed by atoms with Crippen molar-refractivity contribution >= 4 is 17.3 Å². The van der Waals surface area contributed by atoms with E-state index in [9.17, 15) is 0 Å². The molecule has 2 aliphatic heterocycles. The summed E-state index contributed by atoms with van der Waals surface area (Å²) in [7, 11) is 0. The molecular formula is C15H20ClNO3. The molecular weight excluding hydrogens is 278 g/mol. The molecule has 2 aliphatic rings. The zero-order valence-electron chi connectivity index (χ0n) is 11.8. The molecule has 0 saturated carbocycles. The van der Waals surface area contributed by atoms with Gasteiger partial charge in [-0.2, -0.15) is 0 Å². The van der Waals surface area contributed by atoms with Crippen LogP contribution in [-0.4, -0.2) is 25.5 Å². The molecule has 2 unspecified atom stereocenters. The maximum Gasteiger partial charge on any atom is 0.231 e. The van der Waals surface area contributed by atoms with Crippen molar-refractivity contribution in [2.75, 3.05) is 18.7 Å². The van der Waals surface area contributed by atoms with Gasteiger partial charge in [-0.1, -0.05) is 25.4 Å². The second kappa shape index (κ2) is 5.70. The van der Waals surface area contributed by atoms with Crippen molar-refractivity contribution in [2.45, 2.75) is 38.8 Å². The maximum atomic E-state index is 6.30. The fourth-order valence-electron chi connectivity index (χ4n) is 2.67. The zero-order chi connectivity index (χ0) is 14.1. The van der Waals surface area contributed by atoms with Crippen LogP contribution in [0.5, 0.6) is 11.5 Å². The minimum absolute atomic E-state index is 0.266. The molecule has 3 rings (SSSR count). The van der Waals surface area contributed by atoms with Crippen LogP contribution in [0.4, 0.5) is 5.69 Å². The SMILES string of the molecule is CC(C)C1CC(Nc2cc3c(cc2Cl)OCO3)CCO1. The Kier molecular flexibility index (Phi) is 3.94. The number of rotatable bonds is 3. The Morgan fingerprint density at radius 1 is 1.25 bits per heavy atom. The second-order valence-corrected chi connectivity index (χ2v) is 6.11. The fourth-order valence-corrected chi connectivity index (χ4v) is 2.88. The number of ether oxygens (including phenoxy) is 3. The molecule has 0 aliphatic carbocycles. The molecule has 1 aromatic rings. The van der Waals surface area contributed by atoms with Crippen LogP contribution in [0.3, 0.4) is 0 Å². The summed E-state index contributed by atoms with van der Waals surface area (Å²) in [5.74, 6) is 2.00. The van der Waals surface area contributed by atoms with E-state index in [0.29, 0.717) is 28.8 Å². The Morgan fingerprint density at radius 3 is 2.75 bits per heavy atom. The Bertz CT molecular complexity index is 492.